The third-order valence-corrected chi connectivity index (χ3v) is 2.39. The number of amides is 1. The van der Waals surface area contributed by atoms with Gasteiger partial charge >= 0.3 is 0 Å². The minimum absolute atomic E-state index is 0.0699. The molecule has 0 aliphatic carbocycles. The first-order chi connectivity index (χ1) is 7.92. The first-order valence-corrected chi connectivity index (χ1v) is 5.66. The van der Waals surface area contributed by atoms with Gasteiger partial charge in [-0.25, -0.2) is 0 Å². The van der Waals surface area contributed by atoms with Crippen LogP contribution in [-0.2, 0) is 4.79 Å². The second-order valence-electron chi connectivity index (χ2n) is 3.95. The SMILES string of the molecule is C/C=C\C(C)=C/C(C)/C(N)=C/C(=C\C)C(N)=O. The molecule has 3 heteroatoms. The number of primary amides is 1. The van der Waals surface area contributed by atoms with Gasteiger partial charge in [-0.05, 0) is 26.8 Å². The average molecular weight is 234 g/mol. The van der Waals surface area contributed by atoms with Crippen molar-refractivity contribution in [1.82, 2.24) is 0 Å². The Hall–Kier alpha value is -1.77. The first-order valence-electron chi connectivity index (χ1n) is 5.66. The molecule has 0 heterocycles. The second-order valence-corrected chi connectivity index (χ2v) is 3.95. The molecule has 0 fully saturated rings. The third-order valence-electron chi connectivity index (χ3n) is 2.39. The maximum Gasteiger partial charge on any atom is 0.248 e. The van der Waals surface area contributed by atoms with Gasteiger partial charge in [-0.3, -0.25) is 4.79 Å². The molecule has 0 bridgehead atoms. The molecule has 0 aliphatic rings. The molecule has 1 unspecified atom stereocenters. The summed E-state index contributed by atoms with van der Waals surface area (Å²) in [5.74, 6) is -0.391. The van der Waals surface area contributed by atoms with Gasteiger partial charge < -0.3 is 11.5 Å². The largest absolute Gasteiger partial charge is 0.402 e. The number of hydrogen-bond donors (Lipinski definition) is 2. The summed E-state index contributed by atoms with van der Waals surface area (Å²) in [5, 5.41) is 0. The highest BCUT2D eigenvalue weighted by atomic mass is 16.1. The van der Waals surface area contributed by atoms with Crippen molar-refractivity contribution in [2.75, 3.05) is 0 Å². The van der Waals surface area contributed by atoms with Crippen LogP contribution in [0.4, 0.5) is 0 Å². The lowest BCUT2D eigenvalue weighted by molar-refractivity contribution is -0.114. The Balaban J connectivity index is 4.93. The zero-order chi connectivity index (χ0) is 13.4. The summed E-state index contributed by atoms with van der Waals surface area (Å²) in [4.78, 5) is 11.0. The van der Waals surface area contributed by atoms with Crippen LogP contribution in [0.5, 0.6) is 0 Å². The third kappa shape index (κ3) is 5.76. The molecule has 0 rings (SSSR count). The second kappa shape index (κ2) is 7.49. The van der Waals surface area contributed by atoms with Crippen molar-refractivity contribution in [2.45, 2.75) is 27.7 Å². The van der Waals surface area contributed by atoms with Gasteiger partial charge in [-0.1, -0.05) is 36.8 Å². The van der Waals surface area contributed by atoms with E-state index in [1.54, 1.807) is 19.1 Å². The van der Waals surface area contributed by atoms with E-state index in [9.17, 15) is 4.79 Å². The Morgan fingerprint density at radius 3 is 2.24 bits per heavy atom. The van der Waals surface area contributed by atoms with E-state index in [2.05, 4.69) is 0 Å². The molecule has 0 aromatic heterocycles. The molecular weight excluding hydrogens is 212 g/mol. The highest BCUT2D eigenvalue weighted by molar-refractivity contribution is 5.94. The van der Waals surface area contributed by atoms with E-state index in [1.807, 2.05) is 39.0 Å². The first kappa shape index (κ1) is 15.2. The predicted octanol–water partition coefficient (Wildman–Crippen LogP) is 2.42. The normalized spacial score (nSPS) is 16.4. The molecule has 0 spiro atoms. The van der Waals surface area contributed by atoms with Crippen LogP contribution >= 0.6 is 0 Å². The summed E-state index contributed by atoms with van der Waals surface area (Å²) in [5.41, 5.74) is 13.3. The van der Waals surface area contributed by atoms with Crippen molar-refractivity contribution in [2.24, 2.45) is 17.4 Å². The van der Waals surface area contributed by atoms with Gasteiger partial charge in [0.1, 0.15) is 0 Å². The van der Waals surface area contributed by atoms with Gasteiger partial charge in [-0.2, -0.15) is 0 Å². The molecule has 0 aromatic carbocycles. The fourth-order valence-corrected chi connectivity index (χ4v) is 1.42. The van der Waals surface area contributed by atoms with E-state index in [4.69, 9.17) is 11.5 Å². The lowest BCUT2D eigenvalue weighted by Gasteiger charge is -2.08. The van der Waals surface area contributed by atoms with Crippen molar-refractivity contribution in [1.29, 1.82) is 0 Å². The van der Waals surface area contributed by atoms with Gasteiger partial charge in [0.15, 0.2) is 0 Å². The lowest BCUT2D eigenvalue weighted by Crippen LogP contribution is -2.15. The van der Waals surface area contributed by atoms with Crippen LogP contribution in [0.2, 0.25) is 0 Å². The van der Waals surface area contributed by atoms with E-state index < -0.39 is 5.91 Å². The summed E-state index contributed by atoms with van der Waals surface area (Å²) >= 11 is 0. The molecule has 1 amide bonds. The predicted molar refractivity (Wildman–Crippen MR) is 73.0 cm³/mol. The van der Waals surface area contributed by atoms with E-state index in [0.717, 1.165) is 5.57 Å². The van der Waals surface area contributed by atoms with Crippen LogP contribution in [0.1, 0.15) is 27.7 Å². The molecule has 1 atom stereocenters. The molecule has 0 aliphatic heterocycles. The Bertz CT molecular complexity index is 387. The quantitative estimate of drug-likeness (QED) is 0.566. The van der Waals surface area contributed by atoms with Crippen LogP contribution in [0.15, 0.2) is 47.2 Å². The van der Waals surface area contributed by atoms with Crippen molar-refractivity contribution >= 4 is 5.91 Å². The molecule has 0 saturated heterocycles. The Labute approximate surface area is 104 Å². The Morgan fingerprint density at radius 1 is 1.24 bits per heavy atom. The van der Waals surface area contributed by atoms with Crippen LogP contribution in [-0.4, -0.2) is 5.91 Å². The number of carbonyl (C=O) groups is 1. The van der Waals surface area contributed by atoms with E-state index in [-0.39, 0.29) is 5.92 Å². The number of nitrogens with two attached hydrogens (primary N) is 2. The zero-order valence-electron chi connectivity index (χ0n) is 11.0. The van der Waals surface area contributed by atoms with Crippen LogP contribution < -0.4 is 11.5 Å². The fraction of sp³-hybridized carbons (Fsp3) is 0.357. The summed E-state index contributed by atoms with van der Waals surface area (Å²) in [6, 6.07) is 0. The van der Waals surface area contributed by atoms with Crippen molar-refractivity contribution < 1.29 is 4.79 Å². The maximum absolute atomic E-state index is 11.0. The highest BCUT2D eigenvalue weighted by Crippen LogP contribution is 2.12. The summed E-state index contributed by atoms with van der Waals surface area (Å²) in [7, 11) is 0. The van der Waals surface area contributed by atoms with Crippen LogP contribution in [0.25, 0.3) is 0 Å². The number of allylic oxidation sites excluding steroid dienone is 5. The monoisotopic (exact) mass is 234 g/mol. The maximum atomic E-state index is 11.0. The molecule has 17 heavy (non-hydrogen) atoms. The van der Waals surface area contributed by atoms with Gasteiger partial charge in [-0.15, -0.1) is 0 Å². The molecule has 0 saturated carbocycles. The van der Waals surface area contributed by atoms with Gasteiger partial charge in [0.05, 0.1) is 0 Å². The number of hydrogen-bond acceptors (Lipinski definition) is 2. The molecule has 0 aromatic rings. The van der Waals surface area contributed by atoms with E-state index in [1.165, 1.54) is 0 Å². The lowest BCUT2D eigenvalue weighted by atomic mass is 10.0. The van der Waals surface area contributed by atoms with Crippen molar-refractivity contribution in [3.05, 3.63) is 47.2 Å². The van der Waals surface area contributed by atoms with Gasteiger partial charge in [0, 0.05) is 17.2 Å². The number of rotatable bonds is 5. The summed E-state index contributed by atoms with van der Waals surface area (Å²) in [6.45, 7) is 7.71. The minimum Gasteiger partial charge on any atom is -0.402 e. The molecule has 94 valence electrons. The van der Waals surface area contributed by atoms with Gasteiger partial charge in [0.2, 0.25) is 5.91 Å². The molecule has 4 N–H and O–H groups in total. The highest BCUT2D eigenvalue weighted by Gasteiger charge is 2.05. The average Bonchev–Trinajstić information content (AvgIpc) is 2.25. The summed E-state index contributed by atoms with van der Waals surface area (Å²) < 4.78 is 0. The molecular formula is C14H22N2O. The number of carbonyl (C=O) groups excluding carboxylic acids is 1. The van der Waals surface area contributed by atoms with Crippen molar-refractivity contribution in [3.63, 3.8) is 0 Å². The smallest absolute Gasteiger partial charge is 0.248 e. The zero-order valence-corrected chi connectivity index (χ0v) is 11.0. The fourth-order valence-electron chi connectivity index (χ4n) is 1.42. The molecule has 0 radical (unpaired) electrons. The van der Waals surface area contributed by atoms with Gasteiger partial charge in [0.25, 0.3) is 0 Å². The Morgan fingerprint density at radius 2 is 1.82 bits per heavy atom. The summed E-state index contributed by atoms with van der Waals surface area (Å²) in [6.07, 6.45) is 9.31. The standard InChI is InChI=1S/C14H22N2O/c1-5-7-10(3)8-11(4)13(15)9-12(6-2)14(16)17/h5-9,11H,15H2,1-4H3,(H2,16,17)/b7-5-,10-8-,12-6+,13-9-. The van der Waals surface area contributed by atoms with E-state index >= 15 is 0 Å². The van der Waals surface area contributed by atoms with E-state index in [0.29, 0.717) is 11.3 Å². The minimum atomic E-state index is -0.461. The van der Waals surface area contributed by atoms with Crippen molar-refractivity contribution in [3.8, 4) is 0 Å². The van der Waals surface area contributed by atoms with Crippen LogP contribution in [0.3, 0.4) is 0 Å². The topological polar surface area (TPSA) is 69.1 Å². The Kier molecular flexibility index (Phi) is 6.71. The molecule has 3 nitrogen and oxygen atoms in total. The van der Waals surface area contributed by atoms with Crippen LogP contribution in [0, 0.1) is 5.92 Å².